The molecule has 2 heterocycles. The van der Waals surface area contributed by atoms with Crippen LogP contribution < -0.4 is 10.2 Å². The summed E-state index contributed by atoms with van der Waals surface area (Å²) in [5, 5.41) is 4.84. The van der Waals surface area contributed by atoms with E-state index in [1.165, 1.54) is 27.8 Å². The third-order valence-corrected chi connectivity index (χ3v) is 9.87. The highest BCUT2D eigenvalue weighted by Crippen LogP contribution is 2.44. The fourth-order valence-electron chi connectivity index (χ4n) is 7.27. The van der Waals surface area contributed by atoms with Crippen molar-refractivity contribution in [2.75, 3.05) is 10.2 Å². The summed E-state index contributed by atoms with van der Waals surface area (Å²) in [4.78, 5) is 2.36. The largest absolute Gasteiger partial charge is 0.464 e. The van der Waals surface area contributed by atoms with Gasteiger partial charge in [0.05, 0.1) is 6.26 Å². The quantitative estimate of drug-likeness (QED) is 0.200. The van der Waals surface area contributed by atoms with Crippen molar-refractivity contribution in [3.8, 4) is 22.3 Å². The first-order valence-electron chi connectivity index (χ1n) is 17.5. The first kappa shape index (κ1) is 30.5. The van der Waals surface area contributed by atoms with Crippen LogP contribution in [0.15, 0.2) is 199 Å². The molecule has 3 nitrogen and oxygen atoms in total. The molecular weight excluding hydrogens is 621 g/mol. The lowest BCUT2D eigenvalue weighted by Crippen LogP contribution is -2.13. The first-order chi connectivity index (χ1) is 25.3. The number of anilines is 5. The van der Waals surface area contributed by atoms with E-state index in [1.54, 1.807) is 6.26 Å². The SMILES string of the molecule is C1=CC2=CC(C1)c1cc(N(c3ccc(-c4ccccc4)cc3)c3ccc(-c4cccc5ccccc5occ4)cc3)ccc1Nc1ccccc12. The average molecular weight is 657 g/mol. The van der Waals surface area contributed by atoms with Crippen LogP contribution in [0.25, 0.3) is 38.8 Å². The van der Waals surface area contributed by atoms with Gasteiger partial charge in [-0.2, -0.15) is 0 Å². The van der Waals surface area contributed by atoms with Crippen LogP contribution in [-0.4, -0.2) is 0 Å². The third kappa shape index (κ3) is 6.11. The minimum atomic E-state index is 0.272. The van der Waals surface area contributed by atoms with Crippen LogP contribution in [0.1, 0.15) is 23.5 Å². The molecule has 1 aromatic heterocycles. The Bertz CT molecular complexity index is 2430. The van der Waals surface area contributed by atoms with Crippen molar-refractivity contribution in [3.63, 3.8) is 0 Å². The van der Waals surface area contributed by atoms with E-state index in [4.69, 9.17) is 4.42 Å². The fraction of sp³-hybridized carbons (Fsp3) is 0.0417. The third-order valence-electron chi connectivity index (χ3n) is 9.87. The lowest BCUT2D eigenvalue weighted by molar-refractivity contribution is 0.607. The van der Waals surface area contributed by atoms with Crippen LogP contribution in [0.4, 0.5) is 28.4 Å². The molecule has 1 aliphatic carbocycles. The van der Waals surface area contributed by atoms with E-state index in [9.17, 15) is 0 Å². The number of benzene rings is 6. The highest BCUT2D eigenvalue weighted by molar-refractivity contribution is 5.89. The van der Waals surface area contributed by atoms with Crippen molar-refractivity contribution in [2.45, 2.75) is 12.3 Å². The van der Waals surface area contributed by atoms with Crippen molar-refractivity contribution in [1.82, 2.24) is 0 Å². The Kier molecular flexibility index (Phi) is 7.99. The maximum absolute atomic E-state index is 6.00. The summed E-state index contributed by atoms with van der Waals surface area (Å²) in [6.45, 7) is 0. The molecule has 2 bridgehead atoms. The second-order valence-corrected chi connectivity index (χ2v) is 13.0. The predicted molar refractivity (Wildman–Crippen MR) is 214 cm³/mol. The van der Waals surface area contributed by atoms with Gasteiger partial charge in [-0.05, 0) is 100 Å². The van der Waals surface area contributed by atoms with Crippen LogP contribution in [0.2, 0.25) is 0 Å². The standard InChI is InChI=1S/C48H36N2O/c1-2-10-34(11-3-1)36-20-24-41(25-21-36)50(42-26-22-37(23-27-42)35-13-8-14-38-12-4-7-19-48(38)51-31-30-35)43-28-29-47-45(33-43)40-16-9-15-39(32-40)44-17-5-6-18-46(44)49-47/h1-15,17-33,40,49H,16H2. The summed E-state index contributed by atoms with van der Waals surface area (Å²) in [5.74, 6) is 0.272. The van der Waals surface area contributed by atoms with Gasteiger partial charge in [-0.25, -0.2) is 0 Å². The van der Waals surface area contributed by atoms with Crippen LogP contribution >= 0.6 is 0 Å². The normalized spacial score (nSPS) is 14.2. The van der Waals surface area contributed by atoms with E-state index in [0.29, 0.717) is 0 Å². The number of para-hydroxylation sites is 2. The van der Waals surface area contributed by atoms with Crippen molar-refractivity contribution >= 4 is 45.0 Å². The molecule has 7 aromatic rings. The molecule has 6 aromatic carbocycles. The lowest BCUT2D eigenvalue weighted by Gasteiger charge is -2.30. The molecular formula is C48H36N2O. The number of nitrogens with zero attached hydrogens (tertiary/aromatic N) is 1. The Morgan fingerprint density at radius 2 is 1.16 bits per heavy atom. The summed E-state index contributed by atoms with van der Waals surface area (Å²) in [6, 6.07) is 60.1. The predicted octanol–water partition coefficient (Wildman–Crippen LogP) is 13.5. The number of hydrogen-bond donors (Lipinski definition) is 1. The van der Waals surface area contributed by atoms with Crippen LogP contribution in [0.5, 0.6) is 0 Å². The fourth-order valence-corrected chi connectivity index (χ4v) is 7.27. The summed E-state index contributed by atoms with van der Waals surface area (Å²) >= 11 is 0. The van der Waals surface area contributed by atoms with Gasteiger partial charge >= 0.3 is 0 Å². The van der Waals surface area contributed by atoms with Gasteiger partial charge in [0, 0.05) is 45.3 Å². The molecule has 0 fully saturated rings. The van der Waals surface area contributed by atoms with Gasteiger partial charge < -0.3 is 14.6 Å². The van der Waals surface area contributed by atoms with Crippen molar-refractivity contribution in [3.05, 3.63) is 205 Å². The van der Waals surface area contributed by atoms with Crippen molar-refractivity contribution in [2.24, 2.45) is 0 Å². The molecule has 0 saturated carbocycles. The van der Waals surface area contributed by atoms with Gasteiger partial charge in [0.2, 0.25) is 0 Å². The lowest BCUT2D eigenvalue weighted by atomic mass is 9.84. The van der Waals surface area contributed by atoms with E-state index in [-0.39, 0.29) is 5.92 Å². The molecule has 1 aliphatic heterocycles. The molecule has 244 valence electrons. The zero-order chi connectivity index (χ0) is 34.0. The Hall–Kier alpha value is -6.58. The summed E-state index contributed by atoms with van der Waals surface area (Å²) in [5.41, 5.74) is 14.8. The molecule has 3 heteroatoms. The monoisotopic (exact) mass is 656 g/mol. The second-order valence-electron chi connectivity index (χ2n) is 13.0. The molecule has 9 rings (SSSR count). The molecule has 2 aliphatic rings. The first-order valence-corrected chi connectivity index (χ1v) is 17.5. The van der Waals surface area contributed by atoms with E-state index < -0.39 is 0 Å². The van der Waals surface area contributed by atoms with E-state index in [1.807, 2.05) is 24.3 Å². The van der Waals surface area contributed by atoms with Crippen LogP contribution in [0, 0.1) is 0 Å². The molecule has 1 N–H and O–H groups in total. The van der Waals surface area contributed by atoms with Gasteiger partial charge in [0.25, 0.3) is 0 Å². The van der Waals surface area contributed by atoms with Gasteiger partial charge in [-0.1, -0.05) is 127 Å². The van der Waals surface area contributed by atoms with Crippen LogP contribution in [-0.2, 0) is 0 Å². The molecule has 0 amide bonds. The smallest absolute Gasteiger partial charge is 0.133 e. The van der Waals surface area contributed by atoms with Gasteiger partial charge in [0.15, 0.2) is 0 Å². The Labute approximate surface area is 298 Å². The number of allylic oxidation sites excluding steroid dienone is 4. The Balaban J connectivity index is 1.13. The van der Waals surface area contributed by atoms with Gasteiger partial charge in [-0.15, -0.1) is 0 Å². The zero-order valence-electron chi connectivity index (χ0n) is 28.1. The minimum absolute atomic E-state index is 0.272. The minimum Gasteiger partial charge on any atom is -0.464 e. The van der Waals surface area contributed by atoms with E-state index in [2.05, 4.69) is 174 Å². The highest BCUT2D eigenvalue weighted by Gasteiger charge is 2.23. The van der Waals surface area contributed by atoms with Gasteiger partial charge in [0.1, 0.15) is 5.58 Å². The molecule has 1 atom stereocenters. The molecule has 1 unspecified atom stereocenters. The topological polar surface area (TPSA) is 28.4 Å². The second kappa shape index (κ2) is 13.4. The Morgan fingerprint density at radius 1 is 0.529 bits per heavy atom. The molecule has 0 saturated heterocycles. The number of hydrogen-bond acceptors (Lipinski definition) is 3. The summed E-state index contributed by atoms with van der Waals surface area (Å²) in [6.07, 6.45) is 9.76. The van der Waals surface area contributed by atoms with Gasteiger partial charge in [-0.3, -0.25) is 0 Å². The molecule has 0 radical (unpaired) electrons. The number of fused-ring (bicyclic) bond motifs is 6. The molecule has 51 heavy (non-hydrogen) atoms. The zero-order valence-corrected chi connectivity index (χ0v) is 28.1. The highest BCUT2D eigenvalue weighted by atomic mass is 16.3. The molecule has 0 spiro atoms. The van der Waals surface area contributed by atoms with E-state index >= 15 is 0 Å². The number of nitrogens with one attached hydrogen (secondary N) is 1. The summed E-state index contributed by atoms with van der Waals surface area (Å²) < 4.78 is 6.00. The maximum Gasteiger partial charge on any atom is 0.133 e. The average Bonchev–Trinajstić information content (AvgIpc) is 3.30. The maximum atomic E-state index is 6.00. The summed E-state index contributed by atoms with van der Waals surface area (Å²) in [7, 11) is 0. The number of rotatable bonds is 5. The Morgan fingerprint density at radius 3 is 1.96 bits per heavy atom. The van der Waals surface area contributed by atoms with Crippen molar-refractivity contribution < 1.29 is 4.42 Å². The van der Waals surface area contributed by atoms with E-state index in [0.717, 1.165) is 57.0 Å². The van der Waals surface area contributed by atoms with Crippen LogP contribution in [0.3, 0.4) is 0 Å². The van der Waals surface area contributed by atoms with Crippen molar-refractivity contribution in [1.29, 1.82) is 0 Å².